The van der Waals surface area contributed by atoms with Gasteiger partial charge in [0.2, 0.25) is 0 Å². The van der Waals surface area contributed by atoms with E-state index in [0.29, 0.717) is 5.92 Å². The van der Waals surface area contributed by atoms with Crippen molar-refractivity contribution in [3.8, 4) is 11.5 Å². The molecule has 0 unspecified atom stereocenters. The summed E-state index contributed by atoms with van der Waals surface area (Å²) in [6.45, 7) is 2.08. The molecule has 0 N–H and O–H groups in total. The van der Waals surface area contributed by atoms with Crippen molar-refractivity contribution in [3.05, 3.63) is 46.3 Å². The van der Waals surface area contributed by atoms with Crippen LogP contribution in [0.2, 0.25) is 0 Å². The SMILES string of the molecule is Cc1ccc2oc(-c3cc(Br)nc(C4CC4)n3)cc2c1. The van der Waals surface area contributed by atoms with Crippen LogP contribution in [0.1, 0.15) is 30.1 Å². The molecular weight excluding hydrogens is 316 g/mol. The van der Waals surface area contributed by atoms with Crippen LogP contribution < -0.4 is 0 Å². The summed E-state index contributed by atoms with van der Waals surface area (Å²) in [5.41, 5.74) is 2.98. The standard InChI is InChI=1S/C16H13BrN2O/c1-9-2-5-13-11(6-9)7-14(20-13)12-8-15(17)19-16(18-12)10-3-4-10/h2,5-8,10H,3-4H2,1H3. The van der Waals surface area contributed by atoms with Crippen molar-refractivity contribution in [2.24, 2.45) is 0 Å². The Hall–Kier alpha value is -1.68. The van der Waals surface area contributed by atoms with E-state index in [9.17, 15) is 0 Å². The quantitative estimate of drug-likeness (QED) is 0.632. The van der Waals surface area contributed by atoms with Gasteiger partial charge in [-0.1, -0.05) is 11.6 Å². The van der Waals surface area contributed by atoms with E-state index in [0.717, 1.165) is 32.9 Å². The third-order valence-electron chi connectivity index (χ3n) is 3.58. The monoisotopic (exact) mass is 328 g/mol. The molecule has 1 aliphatic rings. The molecule has 0 radical (unpaired) electrons. The van der Waals surface area contributed by atoms with E-state index in [1.807, 2.05) is 18.2 Å². The van der Waals surface area contributed by atoms with Crippen LogP contribution in [0.5, 0.6) is 0 Å². The first-order valence-corrected chi connectivity index (χ1v) is 7.53. The second kappa shape index (κ2) is 4.42. The van der Waals surface area contributed by atoms with Gasteiger partial charge in [0.25, 0.3) is 0 Å². The van der Waals surface area contributed by atoms with Crippen molar-refractivity contribution in [3.63, 3.8) is 0 Å². The maximum Gasteiger partial charge on any atom is 0.153 e. The summed E-state index contributed by atoms with van der Waals surface area (Å²) in [7, 11) is 0. The zero-order valence-corrected chi connectivity index (χ0v) is 12.6. The molecule has 1 aromatic carbocycles. The molecule has 3 aromatic rings. The molecular formula is C16H13BrN2O. The lowest BCUT2D eigenvalue weighted by Gasteiger charge is -2.01. The largest absolute Gasteiger partial charge is 0.454 e. The van der Waals surface area contributed by atoms with Crippen LogP contribution in [0.25, 0.3) is 22.4 Å². The minimum absolute atomic E-state index is 0.526. The number of benzene rings is 1. The molecule has 100 valence electrons. The zero-order valence-electron chi connectivity index (χ0n) is 11.1. The zero-order chi connectivity index (χ0) is 13.7. The van der Waals surface area contributed by atoms with Crippen LogP contribution >= 0.6 is 15.9 Å². The highest BCUT2D eigenvalue weighted by atomic mass is 79.9. The molecule has 20 heavy (non-hydrogen) atoms. The van der Waals surface area contributed by atoms with Crippen molar-refractivity contribution in [1.82, 2.24) is 9.97 Å². The second-order valence-electron chi connectivity index (χ2n) is 5.36. The van der Waals surface area contributed by atoms with E-state index in [4.69, 9.17) is 4.42 Å². The maximum absolute atomic E-state index is 5.91. The number of nitrogens with zero attached hydrogens (tertiary/aromatic N) is 2. The molecule has 1 aliphatic carbocycles. The molecule has 2 aromatic heterocycles. The Bertz CT molecular complexity index is 805. The third kappa shape index (κ3) is 2.14. The van der Waals surface area contributed by atoms with Crippen LogP contribution in [0.3, 0.4) is 0 Å². The van der Waals surface area contributed by atoms with Crippen LogP contribution in [-0.2, 0) is 0 Å². The van der Waals surface area contributed by atoms with Crippen molar-refractivity contribution in [2.45, 2.75) is 25.7 Å². The number of hydrogen-bond donors (Lipinski definition) is 0. The molecule has 2 heterocycles. The Balaban J connectivity index is 1.85. The fourth-order valence-electron chi connectivity index (χ4n) is 2.37. The second-order valence-corrected chi connectivity index (χ2v) is 6.17. The molecule has 0 saturated heterocycles. The van der Waals surface area contributed by atoms with Gasteiger partial charge in [0.1, 0.15) is 21.7 Å². The molecule has 0 amide bonds. The van der Waals surface area contributed by atoms with Gasteiger partial charge >= 0.3 is 0 Å². The molecule has 3 nitrogen and oxygen atoms in total. The fraction of sp³-hybridized carbons (Fsp3) is 0.250. The Morgan fingerprint density at radius 3 is 2.80 bits per heavy atom. The summed E-state index contributed by atoms with van der Waals surface area (Å²) in [5, 5.41) is 1.11. The maximum atomic E-state index is 5.91. The third-order valence-corrected chi connectivity index (χ3v) is 3.99. The van der Waals surface area contributed by atoms with Gasteiger partial charge in [-0.05, 0) is 53.9 Å². The molecule has 0 atom stereocenters. The summed E-state index contributed by atoms with van der Waals surface area (Å²) in [4.78, 5) is 9.10. The van der Waals surface area contributed by atoms with E-state index < -0.39 is 0 Å². The Morgan fingerprint density at radius 1 is 1.15 bits per heavy atom. The number of furan rings is 1. The number of rotatable bonds is 2. The van der Waals surface area contributed by atoms with Crippen molar-refractivity contribution in [1.29, 1.82) is 0 Å². The summed E-state index contributed by atoms with van der Waals surface area (Å²) < 4.78 is 6.73. The predicted molar refractivity (Wildman–Crippen MR) is 81.7 cm³/mol. The highest BCUT2D eigenvalue weighted by Gasteiger charge is 2.27. The van der Waals surface area contributed by atoms with Crippen molar-refractivity contribution < 1.29 is 4.42 Å². The average Bonchev–Trinajstić information content (AvgIpc) is 3.18. The first-order valence-electron chi connectivity index (χ1n) is 6.74. The number of halogens is 1. The lowest BCUT2D eigenvalue weighted by atomic mass is 10.2. The minimum Gasteiger partial charge on any atom is -0.454 e. The van der Waals surface area contributed by atoms with E-state index in [-0.39, 0.29) is 0 Å². The van der Waals surface area contributed by atoms with E-state index in [1.54, 1.807) is 0 Å². The molecule has 1 saturated carbocycles. The Kier molecular flexibility index (Phi) is 2.67. The van der Waals surface area contributed by atoms with E-state index >= 15 is 0 Å². The van der Waals surface area contributed by atoms with Gasteiger partial charge in [-0.2, -0.15) is 0 Å². The summed E-state index contributed by atoms with van der Waals surface area (Å²) in [6, 6.07) is 10.2. The molecule has 4 rings (SSSR count). The summed E-state index contributed by atoms with van der Waals surface area (Å²) >= 11 is 3.47. The fourth-order valence-corrected chi connectivity index (χ4v) is 2.77. The molecule has 0 bridgehead atoms. The normalized spacial score (nSPS) is 14.9. The number of aromatic nitrogens is 2. The van der Waals surface area contributed by atoms with Crippen LogP contribution in [0.4, 0.5) is 0 Å². The van der Waals surface area contributed by atoms with Gasteiger partial charge in [0.05, 0.1) is 0 Å². The number of hydrogen-bond acceptors (Lipinski definition) is 3. The van der Waals surface area contributed by atoms with Crippen molar-refractivity contribution in [2.75, 3.05) is 0 Å². The average molecular weight is 329 g/mol. The molecule has 0 aliphatic heterocycles. The van der Waals surface area contributed by atoms with Crippen LogP contribution in [0.15, 0.2) is 39.4 Å². The van der Waals surface area contributed by atoms with Crippen LogP contribution in [0, 0.1) is 6.92 Å². The Labute approximate surface area is 125 Å². The summed E-state index contributed by atoms with van der Waals surface area (Å²) in [5.74, 6) is 2.25. The smallest absolute Gasteiger partial charge is 0.153 e. The van der Waals surface area contributed by atoms with Gasteiger partial charge in [0.15, 0.2) is 5.76 Å². The highest BCUT2D eigenvalue weighted by molar-refractivity contribution is 9.10. The number of fused-ring (bicyclic) bond motifs is 1. The van der Waals surface area contributed by atoms with Gasteiger partial charge in [0, 0.05) is 17.4 Å². The Morgan fingerprint density at radius 2 is 2.00 bits per heavy atom. The van der Waals surface area contributed by atoms with Crippen molar-refractivity contribution >= 4 is 26.9 Å². The van der Waals surface area contributed by atoms with Gasteiger partial charge < -0.3 is 4.42 Å². The van der Waals surface area contributed by atoms with Gasteiger partial charge in [-0.3, -0.25) is 0 Å². The van der Waals surface area contributed by atoms with Gasteiger partial charge in [-0.15, -0.1) is 0 Å². The van der Waals surface area contributed by atoms with Crippen LogP contribution in [-0.4, -0.2) is 9.97 Å². The van der Waals surface area contributed by atoms with E-state index in [2.05, 4.69) is 45.0 Å². The summed E-state index contributed by atoms with van der Waals surface area (Å²) in [6.07, 6.45) is 2.38. The topological polar surface area (TPSA) is 38.9 Å². The van der Waals surface area contributed by atoms with E-state index in [1.165, 1.54) is 18.4 Å². The number of aryl methyl sites for hydroxylation is 1. The highest BCUT2D eigenvalue weighted by Crippen LogP contribution is 2.39. The lowest BCUT2D eigenvalue weighted by molar-refractivity contribution is 0.627. The first kappa shape index (κ1) is 12.1. The lowest BCUT2D eigenvalue weighted by Crippen LogP contribution is -1.94. The first-order chi connectivity index (χ1) is 9.69. The molecule has 1 fully saturated rings. The minimum atomic E-state index is 0.526. The predicted octanol–water partition coefficient (Wildman–Crippen LogP) is 4.84. The van der Waals surface area contributed by atoms with Gasteiger partial charge in [-0.25, -0.2) is 9.97 Å². The molecule has 0 spiro atoms. The molecule has 4 heteroatoms.